The predicted molar refractivity (Wildman–Crippen MR) is 31.1 cm³/mol. The van der Waals surface area contributed by atoms with Crippen molar-refractivity contribution >= 4 is 11.2 Å². The minimum absolute atomic E-state index is 0.502. The van der Waals surface area contributed by atoms with Gasteiger partial charge in [0.25, 0.3) is 5.03 Å². The van der Waals surface area contributed by atoms with Crippen LogP contribution in [0.5, 0.6) is 0 Å². The van der Waals surface area contributed by atoms with Gasteiger partial charge in [-0.2, -0.15) is 0 Å². The molecule has 0 aliphatic carbocycles. The number of halogens is 3. The largest absolute Gasteiger partial charge is 0.603 e. The highest BCUT2D eigenvalue weighted by molar-refractivity contribution is 7.92. The molecule has 0 aliphatic heterocycles. The van der Waals surface area contributed by atoms with Crippen molar-refractivity contribution < 1.29 is 17.7 Å². The topological polar surface area (TPSA) is 51.7 Å². The fraction of sp³-hybridized carbons (Fsp3) is 0.250. The van der Waals surface area contributed by atoms with Crippen LogP contribution >= 0.6 is 0 Å². The van der Waals surface area contributed by atoms with Gasteiger partial charge in [-0.05, 0) is 0 Å². The van der Waals surface area contributed by atoms with Crippen LogP contribution in [0.25, 0.3) is 0 Å². The van der Waals surface area contributed by atoms with Crippen molar-refractivity contribution in [2.45, 2.75) is 10.5 Å². The van der Waals surface area contributed by atoms with E-state index in [0.29, 0.717) is 0 Å². The second kappa shape index (κ2) is 2.74. The quantitative estimate of drug-likeness (QED) is 0.663. The number of aromatic nitrogens is 2. The minimum atomic E-state index is -4.73. The number of H-pyrrole nitrogens is 1. The molecule has 0 fully saturated rings. The average Bonchev–Trinajstić information content (AvgIpc) is 2.34. The highest BCUT2D eigenvalue weighted by Gasteiger charge is 2.47. The molecule has 11 heavy (non-hydrogen) atoms. The van der Waals surface area contributed by atoms with Crippen molar-refractivity contribution in [2.75, 3.05) is 0 Å². The van der Waals surface area contributed by atoms with E-state index in [9.17, 15) is 17.7 Å². The first-order valence-corrected chi connectivity index (χ1v) is 3.65. The van der Waals surface area contributed by atoms with Crippen molar-refractivity contribution in [1.82, 2.24) is 10.2 Å². The molecule has 0 spiro atoms. The molecule has 7 heteroatoms. The summed E-state index contributed by atoms with van der Waals surface area (Å²) < 4.78 is 45.4. The molecule has 1 aromatic rings. The maximum Gasteiger partial charge on any atom is 0.579 e. The van der Waals surface area contributed by atoms with E-state index in [1.165, 1.54) is 6.20 Å². The fourth-order valence-corrected chi connectivity index (χ4v) is 1.03. The van der Waals surface area contributed by atoms with Gasteiger partial charge in [0.15, 0.2) is 0 Å². The van der Waals surface area contributed by atoms with Gasteiger partial charge in [0, 0.05) is 12.3 Å². The third-order valence-corrected chi connectivity index (χ3v) is 1.90. The number of hydrogen-bond donors (Lipinski definition) is 1. The highest BCUT2D eigenvalue weighted by atomic mass is 32.2. The van der Waals surface area contributed by atoms with E-state index in [1.807, 2.05) is 0 Å². The molecule has 62 valence electrons. The van der Waals surface area contributed by atoms with Crippen LogP contribution in [-0.4, -0.2) is 20.3 Å². The Morgan fingerprint density at radius 2 is 2.18 bits per heavy atom. The molecule has 0 bridgehead atoms. The van der Waals surface area contributed by atoms with Crippen LogP contribution in [0.2, 0.25) is 0 Å². The molecule has 0 radical (unpaired) electrons. The van der Waals surface area contributed by atoms with E-state index in [1.54, 1.807) is 0 Å². The van der Waals surface area contributed by atoms with Crippen molar-refractivity contribution in [3.05, 3.63) is 12.3 Å². The van der Waals surface area contributed by atoms with Crippen molar-refractivity contribution in [1.29, 1.82) is 0 Å². The lowest BCUT2D eigenvalue weighted by Crippen LogP contribution is -2.23. The van der Waals surface area contributed by atoms with Crippen LogP contribution in [0.4, 0.5) is 13.2 Å². The molecule has 1 N–H and O–H groups in total. The summed E-state index contributed by atoms with van der Waals surface area (Å²) in [6, 6.07) is 1.02. The van der Waals surface area contributed by atoms with Gasteiger partial charge < -0.3 is 4.55 Å². The van der Waals surface area contributed by atoms with Crippen LogP contribution in [-0.2, 0) is 11.2 Å². The molecule has 0 aliphatic rings. The number of rotatable bonds is 1. The Balaban J connectivity index is 2.78. The first-order valence-electron chi connectivity index (χ1n) is 2.50. The van der Waals surface area contributed by atoms with Gasteiger partial charge in [0.2, 0.25) is 0 Å². The summed E-state index contributed by atoms with van der Waals surface area (Å²) in [5.74, 6) is 0. The Morgan fingerprint density at radius 1 is 1.55 bits per heavy atom. The molecular formula is C4H3F3N2OS. The minimum Gasteiger partial charge on any atom is -0.603 e. The normalized spacial score (nSPS) is 14.9. The zero-order valence-corrected chi connectivity index (χ0v) is 5.87. The second-order valence-corrected chi connectivity index (χ2v) is 3.05. The van der Waals surface area contributed by atoms with E-state index in [-0.39, 0.29) is 0 Å². The summed E-state index contributed by atoms with van der Waals surface area (Å²) in [6.07, 6.45) is 1.18. The van der Waals surface area contributed by atoms with Crippen LogP contribution in [0.1, 0.15) is 0 Å². The average molecular weight is 184 g/mol. The van der Waals surface area contributed by atoms with Gasteiger partial charge in [-0.25, -0.2) is 0 Å². The Labute approximate surface area is 62.8 Å². The lowest BCUT2D eigenvalue weighted by atomic mass is 10.8. The maximum atomic E-state index is 11.7. The first kappa shape index (κ1) is 8.41. The van der Waals surface area contributed by atoms with Crippen molar-refractivity contribution in [2.24, 2.45) is 0 Å². The summed E-state index contributed by atoms with van der Waals surface area (Å²) in [6.45, 7) is 0. The van der Waals surface area contributed by atoms with Crippen LogP contribution in [0, 0.1) is 0 Å². The zero-order chi connectivity index (χ0) is 8.48. The lowest BCUT2D eigenvalue weighted by Gasteiger charge is -2.08. The molecule has 0 saturated carbocycles. The van der Waals surface area contributed by atoms with E-state index in [4.69, 9.17) is 0 Å². The molecular weight excluding hydrogens is 181 g/mol. The fourth-order valence-electron chi connectivity index (χ4n) is 0.469. The van der Waals surface area contributed by atoms with Gasteiger partial charge in [0.1, 0.15) is 11.2 Å². The van der Waals surface area contributed by atoms with Gasteiger partial charge >= 0.3 is 5.51 Å². The third kappa shape index (κ3) is 1.87. The molecule has 0 amide bonds. The molecule has 0 saturated heterocycles. The van der Waals surface area contributed by atoms with Crippen LogP contribution < -0.4 is 0 Å². The summed E-state index contributed by atoms with van der Waals surface area (Å²) in [4.78, 5) is 0. The maximum absolute atomic E-state index is 11.7. The standard InChI is InChI=1S/C4H3F3N2OS/c5-4(6,7)11(10)3-1-2-8-9-3/h1-2H,(H,8,9). The SMILES string of the molecule is [O-][S+](c1cc[nH]n1)C(F)(F)F. The van der Waals surface area contributed by atoms with Crippen molar-refractivity contribution in [3.63, 3.8) is 0 Å². The monoisotopic (exact) mass is 184 g/mol. The molecule has 1 rings (SSSR count). The van der Waals surface area contributed by atoms with Gasteiger partial charge in [0.05, 0.1) is 0 Å². The smallest absolute Gasteiger partial charge is 0.579 e. The van der Waals surface area contributed by atoms with Crippen LogP contribution in [0.3, 0.4) is 0 Å². The van der Waals surface area contributed by atoms with Crippen molar-refractivity contribution in [3.8, 4) is 0 Å². The first-order chi connectivity index (χ1) is 5.02. The Hall–Kier alpha value is -0.690. The Bertz CT molecular complexity index is 222. The highest BCUT2D eigenvalue weighted by Crippen LogP contribution is 2.28. The summed E-state index contributed by atoms with van der Waals surface area (Å²) >= 11 is -3.01. The number of alkyl halides is 3. The van der Waals surface area contributed by atoms with E-state index < -0.39 is 21.7 Å². The van der Waals surface area contributed by atoms with E-state index >= 15 is 0 Å². The molecule has 3 nitrogen and oxygen atoms in total. The van der Waals surface area contributed by atoms with Gasteiger partial charge in [-0.1, -0.05) is 0 Å². The summed E-state index contributed by atoms with van der Waals surface area (Å²) in [5, 5.41) is 4.77. The lowest BCUT2D eigenvalue weighted by molar-refractivity contribution is -0.0437. The molecule has 1 heterocycles. The Morgan fingerprint density at radius 3 is 2.55 bits per heavy atom. The number of nitrogens with one attached hydrogen (secondary N) is 1. The summed E-state index contributed by atoms with van der Waals surface area (Å²) in [5.41, 5.74) is -4.73. The molecule has 1 atom stereocenters. The summed E-state index contributed by atoms with van der Waals surface area (Å²) in [7, 11) is 0. The Kier molecular flexibility index (Phi) is 2.10. The number of nitrogens with zero attached hydrogens (tertiary/aromatic N) is 1. The second-order valence-electron chi connectivity index (χ2n) is 1.63. The molecule has 1 unspecified atom stereocenters. The zero-order valence-electron chi connectivity index (χ0n) is 5.05. The number of hydrogen-bond acceptors (Lipinski definition) is 2. The van der Waals surface area contributed by atoms with Gasteiger partial charge in [-0.3, -0.25) is 5.10 Å². The molecule has 0 aromatic carbocycles. The molecule has 1 aromatic heterocycles. The van der Waals surface area contributed by atoms with E-state index in [0.717, 1.165) is 6.07 Å². The van der Waals surface area contributed by atoms with E-state index in [2.05, 4.69) is 10.2 Å². The predicted octanol–water partition coefficient (Wildman–Crippen LogP) is 1.04. The van der Waals surface area contributed by atoms with Crippen LogP contribution in [0.15, 0.2) is 17.3 Å². The number of aromatic amines is 1. The van der Waals surface area contributed by atoms with Gasteiger partial charge in [-0.15, -0.1) is 18.3 Å². The third-order valence-electron chi connectivity index (χ3n) is 0.875.